The number of rotatable bonds is 5. The third-order valence-electron chi connectivity index (χ3n) is 3.40. The highest BCUT2D eigenvalue weighted by Crippen LogP contribution is 2.13. The highest BCUT2D eigenvalue weighted by Gasteiger charge is 2.08. The second kappa shape index (κ2) is 6.80. The molecule has 1 N–H and O–H groups in total. The average Bonchev–Trinajstić information content (AvgIpc) is 2.75. The summed E-state index contributed by atoms with van der Waals surface area (Å²) in [4.78, 5) is 12.9. The maximum Gasteiger partial charge on any atom is 0.251 e. The molecule has 0 aliphatic carbocycles. The number of nitrogens with one attached hydrogen (secondary N) is 1. The third-order valence-corrected chi connectivity index (χ3v) is 3.68. The van der Waals surface area contributed by atoms with Crippen molar-refractivity contribution in [3.8, 4) is 0 Å². The highest BCUT2D eigenvalue weighted by atomic mass is 32.1. The quantitative estimate of drug-likeness (QED) is 0.659. The summed E-state index contributed by atoms with van der Waals surface area (Å²) in [6.07, 6.45) is 0.854. The Morgan fingerprint density at radius 1 is 1.29 bits per heavy atom. The van der Waals surface area contributed by atoms with Crippen LogP contribution in [0.15, 0.2) is 29.2 Å². The minimum absolute atomic E-state index is 0.0447. The molecular weight excluding hydrogens is 282 g/mol. The number of nitrogens with zero attached hydrogens (tertiary/aromatic N) is 2. The number of thiol groups is 1. The van der Waals surface area contributed by atoms with Crippen molar-refractivity contribution in [1.29, 1.82) is 0 Å². The van der Waals surface area contributed by atoms with E-state index in [4.69, 9.17) is 0 Å². The van der Waals surface area contributed by atoms with E-state index in [2.05, 4.69) is 29.1 Å². The van der Waals surface area contributed by atoms with Gasteiger partial charge in [0.05, 0.1) is 5.69 Å². The fourth-order valence-electron chi connectivity index (χ4n) is 2.28. The van der Waals surface area contributed by atoms with Gasteiger partial charge in [-0.15, -0.1) is 12.6 Å². The molecule has 0 atom stereocenters. The van der Waals surface area contributed by atoms with Crippen LogP contribution in [0.1, 0.15) is 33.7 Å². The van der Waals surface area contributed by atoms with Crippen molar-refractivity contribution < 1.29 is 4.79 Å². The molecule has 0 spiro atoms. The SMILES string of the molecule is Cc1cc(C)n(CCCNC(=O)c2cc(S)ccc2C)n1. The van der Waals surface area contributed by atoms with Crippen LogP contribution in [0.25, 0.3) is 0 Å². The summed E-state index contributed by atoms with van der Waals surface area (Å²) in [6, 6.07) is 7.65. The monoisotopic (exact) mass is 303 g/mol. The maximum atomic E-state index is 12.1. The average molecular weight is 303 g/mol. The van der Waals surface area contributed by atoms with Gasteiger partial charge >= 0.3 is 0 Å². The molecule has 0 bridgehead atoms. The molecule has 5 heteroatoms. The fraction of sp³-hybridized carbons (Fsp3) is 0.375. The van der Waals surface area contributed by atoms with Crippen LogP contribution in [0.2, 0.25) is 0 Å². The predicted molar refractivity (Wildman–Crippen MR) is 87.1 cm³/mol. The second-order valence-corrected chi connectivity index (χ2v) is 5.78. The molecule has 4 nitrogen and oxygen atoms in total. The molecule has 0 radical (unpaired) electrons. The first-order valence-electron chi connectivity index (χ1n) is 7.06. The highest BCUT2D eigenvalue weighted by molar-refractivity contribution is 7.80. The van der Waals surface area contributed by atoms with Gasteiger partial charge in [0.15, 0.2) is 0 Å². The standard InChI is InChI=1S/C16H21N3OS/c1-11-5-6-14(21)10-15(11)16(20)17-7-4-8-19-13(3)9-12(2)18-19/h5-6,9-10,21H,4,7-8H2,1-3H3,(H,17,20). The Bertz CT molecular complexity index is 649. The van der Waals surface area contributed by atoms with E-state index in [1.807, 2.05) is 37.6 Å². The Kier molecular flexibility index (Phi) is 5.07. The summed E-state index contributed by atoms with van der Waals surface area (Å²) in [5, 5.41) is 7.35. The van der Waals surface area contributed by atoms with Gasteiger partial charge in [-0.3, -0.25) is 9.48 Å². The van der Waals surface area contributed by atoms with E-state index in [9.17, 15) is 4.79 Å². The molecule has 0 aliphatic heterocycles. The van der Waals surface area contributed by atoms with Crippen molar-refractivity contribution in [2.75, 3.05) is 6.54 Å². The zero-order valence-electron chi connectivity index (χ0n) is 12.7. The molecule has 0 fully saturated rings. The summed E-state index contributed by atoms with van der Waals surface area (Å²) in [7, 11) is 0. The number of aromatic nitrogens is 2. The van der Waals surface area contributed by atoms with Crippen molar-refractivity contribution in [3.05, 3.63) is 46.8 Å². The zero-order valence-corrected chi connectivity index (χ0v) is 13.6. The number of carbonyl (C=O) groups excluding carboxylic acids is 1. The van der Waals surface area contributed by atoms with Crippen LogP contribution < -0.4 is 5.32 Å². The zero-order chi connectivity index (χ0) is 15.4. The van der Waals surface area contributed by atoms with Gasteiger partial charge < -0.3 is 5.32 Å². The van der Waals surface area contributed by atoms with E-state index in [0.29, 0.717) is 12.1 Å². The smallest absolute Gasteiger partial charge is 0.251 e. The number of amides is 1. The van der Waals surface area contributed by atoms with Crippen LogP contribution in [-0.2, 0) is 6.54 Å². The van der Waals surface area contributed by atoms with E-state index in [-0.39, 0.29) is 5.91 Å². The molecule has 0 unspecified atom stereocenters. The molecule has 2 aromatic rings. The van der Waals surface area contributed by atoms with E-state index in [1.54, 1.807) is 6.07 Å². The van der Waals surface area contributed by atoms with Crippen molar-refractivity contribution in [1.82, 2.24) is 15.1 Å². The van der Waals surface area contributed by atoms with Gasteiger partial charge in [-0.2, -0.15) is 5.10 Å². The van der Waals surface area contributed by atoms with Crippen LogP contribution in [0, 0.1) is 20.8 Å². The van der Waals surface area contributed by atoms with Crippen LogP contribution in [-0.4, -0.2) is 22.2 Å². The lowest BCUT2D eigenvalue weighted by Crippen LogP contribution is -2.26. The Balaban J connectivity index is 1.84. The number of benzene rings is 1. The van der Waals surface area contributed by atoms with Crippen molar-refractivity contribution in [3.63, 3.8) is 0 Å². The van der Waals surface area contributed by atoms with Gasteiger partial charge in [0.2, 0.25) is 0 Å². The van der Waals surface area contributed by atoms with Crippen molar-refractivity contribution in [2.45, 2.75) is 38.6 Å². The van der Waals surface area contributed by atoms with Gasteiger partial charge in [0.1, 0.15) is 0 Å². The molecule has 0 saturated heterocycles. The minimum Gasteiger partial charge on any atom is -0.352 e. The fourth-order valence-corrected chi connectivity index (χ4v) is 2.49. The van der Waals surface area contributed by atoms with Crippen LogP contribution >= 0.6 is 12.6 Å². The van der Waals surface area contributed by atoms with Crippen molar-refractivity contribution in [2.24, 2.45) is 0 Å². The topological polar surface area (TPSA) is 46.9 Å². The lowest BCUT2D eigenvalue weighted by atomic mass is 10.1. The minimum atomic E-state index is -0.0447. The van der Waals surface area contributed by atoms with Crippen LogP contribution in [0.3, 0.4) is 0 Å². The third kappa shape index (κ3) is 4.11. The normalized spacial score (nSPS) is 10.7. The summed E-state index contributed by atoms with van der Waals surface area (Å²) in [5.74, 6) is -0.0447. The molecule has 21 heavy (non-hydrogen) atoms. The molecule has 0 aliphatic rings. The maximum absolute atomic E-state index is 12.1. The summed E-state index contributed by atoms with van der Waals surface area (Å²) in [5.41, 5.74) is 3.83. The van der Waals surface area contributed by atoms with E-state index in [1.165, 1.54) is 0 Å². The summed E-state index contributed by atoms with van der Waals surface area (Å²) in [6.45, 7) is 7.40. The van der Waals surface area contributed by atoms with E-state index in [0.717, 1.165) is 34.8 Å². The van der Waals surface area contributed by atoms with E-state index >= 15 is 0 Å². The molecule has 1 aromatic carbocycles. The van der Waals surface area contributed by atoms with E-state index < -0.39 is 0 Å². The molecule has 112 valence electrons. The molecular formula is C16H21N3OS. The Morgan fingerprint density at radius 2 is 2.05 bits per heavy atom. The molecule has 0 saturated carbocycles. The number of carbonyl (C=O) groups is 1. The largest absolute Gasteiger partial charge is 0.352 e. The van der Waals surface area contributed by atoms with Crippen molar-refractivity contribution >= 4 is 18.5 Å². The lowest BCUT2D eigenvalue weighted by Gasteiger charge is -2.09. The summed E-state index contributed by atoms with van der Waals surface area (Å²) < 4.78 is 1.97. The predicted octanol–water partition coefficient (Wildman–Crippen LogP) is 2.92. The van der Waals surface area contributed by atoms with Crippen LogP contribution in [0.4, 0.5) is 0 Å². The molecule has 1 heterocycles. The van der Waals surface area contributed by atoms with Gasteiger partial charge in [-0.05, 0) is 51.0 Å². The first-order valence-corrected chi connectivity index (χ1v) is 7.51. The Labute approximate surface area is 131 Å². The van der Waals surface area contributed by atoms with Crippen LogP contribution in [0.5, 0.6) is 0 Å². The van der Waals surface area contributed by atoms with Gasteiger partial charge in [-0.25, -0.2) is 0 Å². The van der Waals surface area contributed by atoms with Gasteiger partial charge in [0, 0.05) is 29.2 Å². The first-order chi connectivity index (χ1) is 9.97. The summed E-state index contributed by atoms with van der Waals surface area (Å²) >= 11 is 4.28. The molecule has 1 amide bonds. The number of hydrogen-bond acceptors (Lipinski definition) is 3. The Morgan fingerprint density at radius 3 is 2.71 bits per heavy atom. The molecule has 2 rings (SSSR count). The molecule has 1 aromatic heterocycles. The Hall–Kier alpha value is -1.75. The van der Waals surface area contributed by atoms with Gasteiger partial charge in [-0.1, -0.05) is 6.07 Å². The van der Waals surface area contributed by atoms with Gasteiger partial charge in [0.25, 0.3) is 5.91 Å². The number of hydrogen-bond donors (Lipinski definition) is 2. The second-order valence-electron chi connectivity index (χ2n) is 5.26. The lowest BCUT2D eigenvalue weighted by molar-refractivity contribution is 0.0951. The number of aryl methyl sites for hydroxylation is 4. The first kappa shape index (κ1) is 15.6.